The second kappa shape index (κ2) is 7.49. The maximum Gasteiger partial charge on any atom is 0.222 e. The molecule has 1 amide bonds. The van der Waals surface area contributed by atoms with E-state index in [-0.39, 0.29) is 18.1 Å². The fourth-order valence-corrected chi connectivity index (χ4v) is 4.74. The smallest absolute Gasteiger partial charge is 0.222 e. The highest BCUT2D eigenvalue weighted by Crippen LogP contribution is 2.29. The minimum Gasteiger partial charge on any atom is -0.369 e. The van der Waals surface area contributed by atoms with Crippen molar-refractivity contribution in [1.82, 2.24) is 4.98 Å². The number of thioether (sulfide) groups is 1. The van der Waals surface area contributed by atoms with Gasteiger partial charge in [-0.1, -0.05) is 17.8 Å². The Kier molecular flexibility index (Phi) is 5.83. The molecule has 0 aliphatic carbocycles. The first kappa shape index (κ1) is 18.7. The van der Waals surface area contributed by atoms with Gasteiger partial charge in [0.05, 0.1) is 17.9 Å². The third-order valence-corrected chi connectivity index (χ3v) is 6.48. The number of benzene rings is 1. The number of nitrogens with zero attached hydrogens (tertiary/aromatic N) is 1. The van der Waals surface area contributed by atoms with Crippen molar-refractivity contribution in [2.45, 2.75) is 45.4 Å². The van der Waals surface area contributed by atoms with Crippen molar-refractivity contribution in [1.29, 1.82) is 0 Å². The molecule has 0 aliphatic heterocycles. The summed E-state index contributed by atoms with van der Waals surface area (Å²) in [6.07, 6.45) is 0.202. The van der Waals surface area contributed by atoms with Crippen LogP contribution in [0, 0.1) is 34.6 Å². The topological polar surface area (TPSA) is 73.1 Å². The van der Waals surface area contributed by atoms with Gasteiger partial charge in [-0.3, -0.25) is 9.59 Å². The summed E-state index contributed by atoms with van der Waals surface area (Å²) in [4.78, 5) is 29.1. The Hall–Kier alpha value is -1.66. The van der Waals surface area contributed by atoms with Crippen molar-refractivity contribution in [3.8, 4) is 0 Å². The van der Waals surface area contributed by atoms with E-state index >= 15 is 0 Å². The molecule has 1 heterocycles. The third-order valence-electron chi connectivity index (χ3n) is 4.18. The number of hydrogen-bond donors (Lipinski definition) is 1. The van der Waals surface area contributed by atoms with Gasteiger partial charge in [-0.2, -0.15) is 0 Å². The molecule has 1 aromatic carbocycles. The lowest BCUT2D eigenvalue weighted by molar-refractivity contribution is -0.117. The average Bonchev–Trinajstić information content (AvgIpc) is 2.83. The van der Waals surface area contributed by atoms with Crippen molar-refractivity contribution >= 4 is 34.8 Å². The number of carbonyl (C=O) groups excluding carboxylic acids is 2. The Morgan fingerprint density at radius 1 is 1.12 bits per heavy atom. The van der Waals surface area contributed by atoms with Gasteiger partial charge in [0, 0.05) is 10.4 Å². The second-order valence-corrected chi connectivity index (χ2v) is 8.28. The normalized spacial score (nSPS) is 10.9. The molecule has 6 heteroatoms. The predicted octanol–water partition coefficient (Wildman–Crippen LogP) is 3.69. The Bertz CT molecular complexity index is 784. The van der Waals surface area contributed by atoms with Crippen molar-refractivity contribution in [2.75, 3.05) is 5.75 Å². The van der Waals surface area contributed by atoms with Crippen LogP contribution in [0.3, 0.4) is 0 Å². The molecule has 0 spiro atoms. The largest absolute Gasteiger partial charge is 0.369 e. The number of primary amides is 1. The van der Waals surface area contributed by atoms with Gasteiger partial charge in [0.2, 0.25) is 5.91 Å². The monoisotopic (exact) mass is 362 g/mol. The minimum absolute atomic E-state index is 0.117. The molecule has 128 valence electrons. The van der Waals surface area contributed by atoms with E-state index in [0.29, 0.717) is 5.75 Å². The zero-order valence-corrected chi connectivity index (χ0v) is 16.3. The molecule has 0 aliphatic rings. The van der Waals surface area contributed by atoms with Crippen molar-refractivity contribution < 1.29 is 9.59 Å². The van der Waals surface area contributed by atoms with E-state index < -0.39 is 0 Å². The number of amides is 1. The molecule has 0 fully saturated rings. The van der Waals surface area contributed by atoms with Gasteiger partial charge in [0.15, 0.2) is 10.1 Å². The summed E-state index contributed by atoms with van der Waals surface area (Å²) in [6, 6.07) is 2.12. The molecule has 0 radical (unpaired) electrons. The van der Waals surface area contributed by atoms with E-state index in [1.165, 1.54) is 23.1 Å². The molecule has 2 rings (SSSR count). The van der Waals surface area contributed by atoms with E-state index in [1.54, 1.807) is 0 Å². The van der Waals surface area contributed by atoms with Crippen molar-refractivity contribution in [3.05, 3.63) is 44.5 Å². The number of aromatic nitrogens is 1. The van der Waals surface area contributed by atoms with Gasteiger partial charge in [-0.15, -0.1) is 11.3 Å². The lowest BCUT2D eigenvalue weighted by Crippen LogP contribution is -2.13. The van der Waals surface area contributed by atoms with Crippen LogP contribution < -0.4 is 5.73 Å². The summed E-state index contributed by atoms with van der Waals surface area (Å²) in [6.45, 7) is 9.92. The van der Waals surface area contributed by atoms with Crippen molar-refractivity contribution in [3.63, 3.8) is 0 Å². The highest BCUT2D eigenvalue weighted by atomic mass is 32.2. The minimum atomic E-state index is -0.365. The van der Waals surface area contributed by atoms with Crippen LogP contribution in [0.15, 0.2) is 10.4 Å². The summed E-state index contributed by atoms with van der Waals surface area (Å²) in [5, 5.41) is 0. The number of ketones is 1. The van der Waals surface area contributed by atoms with Crippen LogP contribution >= 0.6 is 23.1 Å². The number of nitrogens with two attached hydrogens (primary N) is 1. The van der Waals surface area contributed by atoms with Gasteiger partial charge in [0.25, 0.3) is 0 Å². The van der Waals surface area contributed by atoms with E-state index in [4.69, 9.17) is 5.73 Å². The molecule has 0 bridgehead atoms. The molecule has 0 saturated carbocycles. The average molecular weight is 363 g/mol. The Labute approximate surface area is 150 Å². The SMILES string of the molecule is Cc1cc(C)c(C)c(C(=O)CSc2nc(C)c(CC(N)=O)s2)c1C. The molecular weight excluding hydrogens is 340 g/mol. The first-order chi connectivity index (χ1) is 11.2. The zero-order chi connectivity index (χ0) is 18.0. The fourth-order valence-electron chi connectivity index (χ4n) is 2.62. The highest BCUT2D eigenvalue weighted by Gasteiger charge is 2.17. The Morgan fingerprint density at radius 3 is 2.25 bits per heavy atom. The number of carbonyl (C=O) groups is 2. The summed E-state index contributed by atoms with van der Waals surface area (Å²) < 4.78 is 0.803. The summed E-state index contributed by atoms with van der Waals surface area (Å²) in [5.41, 5.74) is 11.3. The molecule has 0 atom stereocenters. The third kappa shape index (κ3) is 4.05. The van der Waals surface area contributed by atoms with E-state index in [2.05, 4.69) is 11.1 Å². The lowest BCUT2D eigenvalue weighted by Gasteiger charge is -2.13. The number of aryl methyl sites for hydroxylation is 3. The van der Waals surface area contributed by atoms with Crippen LogP contribution in [0.1, 0.15) is 43.2 Å². The highest BCUT2D eigenvalue weighted by molar-refractivity contribution is 8.01. The molecule has 2 aromatic rings. The Balaban J connectivity index is 2.16. The number of Topliss-reactive ketones (excluding diaryl/α,β-unsaturated/α-hetero) is 1. The predicted molar refractivity (Wildman–Crippen MR) is 100 cm³/mol. The van der Waals surface area contributed by atoms with Crippen LogP contribution in [0.5, 0.6) is 0 Å². The zero-order valence-electron chi connectivity index (χ0n) is 14.6. The van der Waals surface area contributed by atoms with Gasteiger partial charge < -0.3 is 5.73 Å². The summed E-state index contributed by atoms with van der Waals surface area (Å²) in [5.74, 6) is 0.0926. The maximum absolute atomic E-state index is 12.7. The van der Waals surface area contributed by atoms with Gasteiger partial charge in [-0.05, 0) is 56.9 Å². The van der Waals surface area contributed by atoms with Gasteiger partial charge >= 0.3 is 0 Å². The molecule has 1 aromatic heterocycles. The maximum atomic E-state index is 12.7. The van der Waals surface area contributed by atoms with E-state index in [1.807, 2.05) is 34.6 Å². The first-order valence-corrected chi connectivity index (χ1v) is 9.49. The molecular formula is C18H22N2O2S2. The summed E-state index contributed by atoms with van der Waals surface area (Å²) in [7, 11) is 0. The number of thiazole rings is 1. The molecule has 0 saturated heterocycles. The van der Waals surface area contributed by atoms with Gasteiger partial charge in [0.1, 0.15) is 0 Å². The number of hydrogen-bond acceptors (Lipinski definition) is 5. The van der Waals surface area contributed by atoms with E-state index in [9.17, 15) is 9.59 Å². The second-order valence-electron chi connectivity index (χ2n) is 5.98. The lowest BCUT2D eigenvalue weighted by atomic mass is 9.92. The summed E-state index contributed by atoms with van der Waals surface area (Å²) >= 11 is 2.86. The molecule has 2 N–H and O–H groups in total. The van der Waals surface area contributed by atoms with Gasteiger partial charge in [-0.25, -0.2) is 4.98 Å². The van der Waals surface area contributed by atoms with E-state index in [0.717, 1.165) is 42.7 Å². The molecule has 4 nitrogen and oxygen atoms in total. The van der Waals surface area contributed by atoms with Crippen LogP contribution in [0.4, 0.5) is 0 Å². The standard InChI is InChI=1S/C18H22N2O2S2/c1-9-6-10(2)12(4)17(11(9)3)14(21)8-23-18-20-13(5)15(24-18)7-16(19)22/h6H,7-8H2,1-5H3,(H2,19,22). The molecule has 24 heavy (non-hydrogen) atoms. The molecule has 0 unspecified atom stereocenters. The number of rotatable bonds is 6. The van der Waals surface area contributed by atoms with Crippen LogP contribution in [-0.2, 0) is 11.2 Å². The van der Waals surface area contributed by atoms with Crippen LogP contribution in [0.2, 0.25) is 0 Å². The van der Waals surface area contributed by atoms with Crippen LogP contribution in [0.25, 0.3) is 0 Å². The fraction of sp³-hybridized carbons (Fsp3) is 0.389. The quantitative estimate of drug-likeness (QED) is 0.628. The first-order valence-electron chi connectivity index (χ1n) is 7.68. The Morgan fingerprint density at radius 2 is 1.71 bits per heavy atom. The van der Waals surface area contributed by atoms with Crippen LogP contribution in [-0.4, -0.2) is 22.4 Å². The van der Waals surface area contributed by atoms with Crippen molar-refractivity contribution in [2.24, 2.45) is 5.73 Å².